The van der Waals surface area contributed by atoms with Crippen LogP contribution in [-0.4, -0.2) is 43.0 Å². The van der Waals surface area contributed by atoms with Crippen molar-refractivity contribution in [3.05, 3.63) is 88.1 Å². The lowest BCUT2D eigenvalue weighted by Crippen LogP contribution is -2.27. The third-order valence-corrected chi connectivity index (χ3v) is 5.10. The van der Waals surface area contributed by atoms with Crippen molar-refractivity contribution in [1.29, 1.82) is 0 Å². The fourth-order valence-electron chi connectivity index (χ4n) is 3.48. The molecule has 0 radical (unpaired) electrons. The van der Waals surface area contributed by atoms with Crippen LogP contribution in [0.2, 0.25) is 0 Å². The quantitative estimate of drug-likeness (QED) is 0.504. The molecule has 0 aromatic heterocycles. The highest BCUT2D eigenvalue weighted by Crippen LogP contribution is 2.32. The molecule has 0 saturated carbocycles. The Kier molecular flexibility index (Phi) is 7.03. The summed E-state index contributed by atoms with van der Waals surface area (Å²) >= 11 is 0. The molecule has 2 aromatic carbocycles. The lowest BCUT2D eigenvalue weighted by Gasteiger charge is -2.17. The number of amides is 1. The molecule has 0 spiro atoms. The Hall–Kier alpha value is -3.67. The molecular formula is C25H25NO5. The van der Waals surface area contributed by atoms with Crippen molar-refractivity contribution >= 4 is 23.9 Å². The van der Waals surface area contributed by atoms with E-state index in [0.717, 1.165) is 5.56 Å². The van der Waals surface area contributed by atoms with Gasteiger partial charge in [-0.2, -0.15) is 0 Å². The van der Waals surface area contributed by atoms with E-state index in [0.29, 0.717) is 29.8 Å². The Morgan fingerprint density at radius 1 is 1.00 bits per heavy atom. The molecule has 0 atom stereocenters. The summed E-state index contributed by atoms with van der Waals surface area (Å²) in [5, 5.41) is 0. The number of hydrogen-bond acceptors (Lipinski definition) is 5. The van der Waals surface area contributed by atoms with Crippen molar-refractivity contribution in [2.24, 2.45) is 0 Å². The second-order valence-corrected chi connectivity index (χ2v) is 7.04. The maximum Gasteiger partial charge on any atom is 0.340 e. The zero-order chi connectivity index (χ0) is 22.4. The van der Waals surface area contributed by atoms with Gasteiger partial charge in [-0.25, -0.2) is 9.59 Å². The Bertz CT molecular complexity index is 1040. The molecule has 1 aliphatic rings. The molecule has 3 rings (SSSR count). The van der Waals surface area contributed by atoms with Crippen molar-refractivity contribution in [3.63, 3.8) is 0 Å². The molecule has 2 aromatic rings. The van der Waals surface area contributed by atoms with Crippen LogP contribution in [0.3, 0.4) is 0 Å². The predicted molar refractivity (Wildman–Crippen MR) is 117 cm³/mol. The van der Waals surface area contributed by atoms with Gasteiger partial charge in [0.05, 0.1) is 30.4 Å². The van der Waals surface area contributed by atoms with Gasteiger partial charge in [0.1, 0.15) is 0 Å². The number of carbonyl (C=O) groups is 3. The second kappa shape index (κ2) is 9.89. The number of hydrogen-bond donors (Lipinski definition) is 0. The van der Waals surface area contributed by atoms with E-state index < -0.39 is 11.9 Å². The Balaban J connectivity index is 1.91. The van der Waals surface area contributed by atoms with Gasteiger partial charge in [-0.3, -0.25) is 4.79 Å². The van der Waals surface area contributed by atoms with E-state index >= 15 is 0 Å². The van der Waals surface area contributed by atoms with Crippen LogP contribution >= 0.6 is 0 Å². The Morgan fingerprint density at radius 2 is 1.68 bits per heavy atom. The van der Waals surface area contributed by atoms with Gasteiger partial charge in [-0.05, 0) is 49.6 Å². The molecule has 6 heteroatoms. The van der Waals surface area contributed by atoms with E-state index in [2.05, 4.69) is 0 Å². The summed E-state index contributed by atoms with van der Waals surface area (Å²) in [5.74, 6) is -1.20. The Morgan fingerprint density at radius 3 is 2.29 bits per heavy atom. The minimum Gasteiger partial charge on any atom is -0.465 e. The minimum absolute atomic E-state index is 0.217. The van der Waals surface area contributed by atoms with E-state index in [4.69, 9.17) is 9.47 Å². The van der Waals surface area contributed by atoms with Crippen LogP contribution in [0, 0.1) is 0 Å². The van der Waals surface area contributed by atoms with Crippen LogP contribution in [-0.2, 0) is 25.5 Å². The fraction of sp³-hybridized carbons (Fsp3) is 0.240. The SMILES string of the molecule is CCOC(=O)C1=C(C)N(CCc2ccccc2)C(=O)/C1=C\c1ccc(C(=O)OC)cc1. The van der Waals surface area contributed by atoms with Crippen LogP contribution in [0.5, 0.6) is 0 Å². The number of methoxy groups -OCH3 is 1. The first-order valence-electron chi connectivity index (χ1n) is 10.1. The molecule has 160 valence electrons. The van der Waals surface area contributed by atoms with E-state index in [1.165, 1.54) is 7.11 Å². The van der Waals surface area contributed by atoms with Crippen LogP contribution in [0.4, 0.5) is 0 Å². The summed E-state index contributed by atoms with van der Waals surface area (Å²) in [7, 11) is 1.32. The van der Waals surface area contributed by atoms with Crippen molar-refractivity contribution in [3.8, 4) is 0 Å². The van der Waals surface area contributed by atoms with Gasteiger partial charge in [-0.1, -0.05) is 42.5 Å². The van der Waals surface area contributed by atoms with Crippen LogP contribution in [0.1, 0.15) is 35.3 Å². The standard InChI is InChI=1S/C25H25NO5/c1-4-31-25(29)22-17(2)26(15-14-18-8-6-5-7-9-18)23(27)21(22)16-19-10-12-20(13-11-19)24(28)30-3/h5-13,16H,4,14-15H2,1-3H3/b21-16-. The number of esters is 2. The smallest absolute Gasteiger partial charge is 0.340 e. The number of carbonyl (C=O) groups excluding carboxylic acids is 3. The van der Waals surface area contributed by atoms with E-state index in [-0.39, 0.29) is 23.7 Å². The van der Waals surface area contributed by atoms with E-state index in [1.54, 1.807) is 49.1 Å². The summed E-state index contributed by atoms with van der Waals surface area (Å²) in [6.45, 7) is 4.16. The third kappa shape index (κ3) is 4.91. The average molecular weight is 419 g/mol. The van der Waals surface area contributed by atoms with Crippen molar-refractivity contribution in [2.45, 2.75) is 20.3 Å². The molecular weight excluding hydrogens is 394 g/mol. The lowest BCUT2D eigenvalue weighted by molar-refractivity contribution is -0.138. The maximum atomic E-state index is 13.2. The molecule has 0 saturated heterocycles. The van der Waals surface area contributed by atoms with Gasteiger partial charge in [0, 0.05) is 12.2 Å². The molecule has 31 heavy (non-hydrogen) atoms. The molecule has 0 bridgehead atoms. The summed E-state index contributed by atoms with van der Waals surface area (Å²) in [5.41, 5.74) is 3.35. The number of benzene rings is 2. The van der Waals surface area contributed by atoms with Gasteiger partial charge >= 0.3 is 11.9 Å². The van der Waals surface area contributed by atoms with E-state index in [9.17, 15) is 14.4 Å². The molecule has 0 unspecified atom stereocenters. The average Bonchev–Trinajstić information content (AvgIpc) is 3.02. The summed E-state index contributed by atoms with van der Waals surface area (Å²) < 4.78 is 9.92. The lowest BCUT2D eigenvalue weighted by atomic mass is 10.0. The highest BCUT2D eigenvalue weighted by atomic mass is 16.5. The monoisotopic (exact) mass is 419 g/mol. The zero-order valence-electron chi connectivity index (χ0n) is 17.9. The van der Waals surface area contributed by atoms with Crippen LogP contribution < -0.4 is 0 Å². The summed E-state index contributed by atoms with van der Waals surface area (Å²) in [6.07, 6.45) is 2.32. The Labute approximate surface area is 181 Å². The second-order valence-electron chi connectivity index (χ2n) is 7.04. The molecule has 1 heterocycles. The third-order valence-electron chi connectivity index (χ3n) is 5.10. The number of allylic oxidation sites excluding steroid dienone is 1. The van der Waals surface area contributed by atoms with Crippen LogP contribution in [0.25, 0.3) is 6.08 Å². The zero-order valence-corrected chi connectivity index (χ0v) is 17.9. The van der Waals surface area contributed by atoms with Gasteiger partial charge < -0.3 is 14.4 Å². The molecule has 6 nitrogen and oxygen atoms in total. The van der Waals surface area contributed by atoms with Gasteiger partial charge in [0.25, 0.3) is 5.91 Å². The van der Waals surface area contributed by atoms with Gasteiger partial charge in [0.15, 0.2) is 0 Å². The predicted octanol–water partition coefficient (Wildman–Crippen LogP) is 3.78. The first-order valence-corrected chi connectivity index (χ1v) is 10.1. The van der Waals surface area contributed by atoms with Crippen molar-refractivity contribution < 1.29 is 23.9 Å². The summed E-state index contributed by atoms with van der Waals surface area (Å²) in [6, 6.07) is 16.5. The normalized spacial score (nSPS) is 14.9. The number of ether oxygens (including phenoxy) is 2. The number of rotatable bonds is 7. The topological polar surface area (TPSA) is 72.9 Å². The highest BCUT2D eigenvalue weighted by Gasteiger charge is 2.36. The van der Waals surface area contributed by atoms with Crippen molar-refractivity contribution in [1.82, 2.24) is 4.90 Å². The minimum atomic E-state index is -0.520. The van der Waals surface area contributed by atoms with Crippen molar-refractivity contribution in [2.75, 3.05) is 20.3 Å². The molecule has 0 fully saturated rings. The molecule has 0 N–H and O–H groups in total. The highest BCUT2D eigenvalue weighted by molar-refractivity contribution is 6.16. The first kappa shape index (κ1) is 22.0. The largest absolute Gasteiger partial charge is 0.465 e. The number of nitrogens with zero attached hydrogens (tertiary/aromatic N) is 1. The molecule has 1 amide bonds. The molecule has 1 aliphatic heterocycles. The van der Waals surface area contributed by atoms with Gasteiger partial charge in [0.2, 0.25) is 0 Å². The van der Waals surface area contributed by atoms with Crippen LogP contribution in [0.15, 0.2) is 71.4 Å². The van der Waals surface area contributed by atoms with Gasteiger partial charge in [-0.15, -0.1) is 0 Å². The van der Waals surface area contributed by atoms with E-state index in [1.807, 2.05) is 30.3 Å². The maximum absolute atomic E-state index is 13.2. The first-order chi connectivity index (χ1) is 15.0. The molecule has 0 aliphatic carbocycles. The summed E-state index contributed by atoms with van der Waals surface area (Å²) in [4.78, 5) is 39.1. The fourth-order valence-corrected chi connectivity index (χ4v) is 3.48.